The Morgan fingerprint density at radius 3 is 1.00 bits per heavy atom. The van der Waals surface area contributed by atoms with Gasteiger partial charge in [-0.2, -0.15) is 0 Å². The lowest BCUT2D eigenvalue weighted by Crippen LogP contribution is -2.28. The first kappa shape index (κ1) is 47.9. The molecule has 14 aromatic rings. The molecule has 0 saturated carbocycles. The zero-order valence-corrected chi connectivity index (χ0v) is 46.2. The molecule has 0 aliphatic heterocycles. The molecule has 0 radical (unpaired) electrons. The van der Waals surface area contributed by atoms with Crippen molar-refractivity contribution in [1.29, 1.82) is 0 Å². The predicted molar refractivity (Wildman–Crippen MR) is 342 cm³/mol. The first-order chi connectivity index (χ1) is 38.9. The van der Waals surface area contributed by atoms with Crippen molar-refractivity contribution in [2.24, 2.45) is 0 Å². The van der Waals surface area contributed by atoms with Crippen molar-refractivity contribution in [3.8, 4) is 33.4 Å². The largest absolute Gasteiger partial charge is 0.0714 e. The molecule has 382 valence electrons. The van der Waals surface area contributed by atoms with Gasteiger partial charge in [0.2, 0.25) is 0 Å². The van der Waals surface area contributed by atoms with E-state index < -0.39 is 5.41 Å². The summed E-state index contributed by atoms with van der Waals surface area (Å²) in [6.45, 7) is 9.10. The monoisotopic (exact) mass is 1010 g/mol. The summed E-state index contributed by atoms with van der Waals surface area (Å²) in [5.41, 5.74) is 17.9. The predicted octanol–water partition coefficient (Wildman–Crippen LogP) is 22.3. The third-order valence-electron chi connectivity index (χ3n) is 18.9. The topological polar surface area (TPSA) is 0 Å². The normalized spacial score (nSPS) is 13.2. The van der Waals surface area contributed by atoms with Gasteiger partial charge in [0.1, 0.15) is 0 Å². The molecule has 0 aromatic heterocycles. The second-order valence-corrected chi connectivity index (χ2v) is 23.4. The van der Waals surface area contributed by atoms with Crippen LogP contribution in [0, 0.1) is 13.8 Å². The number of hydrogen-bond donors (Lipinski definition) is 0. The van der Waals surface area contributed by atoms with E-state index >= 15 is 0 Å². The van der Waals surface area contributed by atoms with Crippen LogP contribution in [-0.4, -0.2) is 0 Å². The summed E-state index contributed by atoms with van der Waals surface area (Å²) in [6.07, 6.45) is 12.3. The number of benzene rings is 14. The van der Waals surface area contributed by atoms with Gasteiger partial charge >= 0.3 is 0 Å². The molecule has 0 heterocycles. The van der Waals surface area contributed by atoms with Gasteiger partial charge in [-0.25, -0.2) is 0 Å². The van der Waals surface area contributed by atoms with E-state index in [0.29, 0.717) is 0 Å². The van der Waals surface area contributed by atoms with Gasteiger partial charge in [0.05, 0.1) is 5.41 Å². The molecule has 0 saturated heterocycles. The van der Waals surface area contributed by atoms with Gasteiger partial charge in [0.25, 0.3) is 0 Å². The minimum Gasteiger partial charge on any atom is -0.0654 e. The van der Waals surface area contributed by atoms with Crippen LogP contribution in [0.3, 0.4) is 0 Å². The fourth-order valence-electron chi connectivity index (χ4n) is 15.0. The number of fused-ring (bicyclic) bond motifs is 7. The van der Waals surface area contributed by atoms with Gasteiger partial charge < -0.3 is 0 Å². The molecule has 0 unspecified atom stereocenters. The summed E-state index contributed by atoms with van der Waals surface area (Å²) in [4.78, 5) is 0. The van der Waals surface area contributed by atoms with Crippen LogP contribution in [0.25, 0.3) is 120 Å². The maximum Gasteiger partial charge on any atom is 0.0714 e. The van der Waals surface area contributed by atoms with E-state index in [4.69, 9.17) is 0 Å². The molecular weight excluding hydrogens is 949 g/mol. The fourth-order valence-corrected chi connectivity index (χ4v) is 15.0. The Labute approximate surface area is 465 Å². The molecule has 0 amide bonds. The molecule has 0 bridgehead atoms. The third-order valence-corrected chi connectivity index (χ3v) is 18.9. The highest BCUT2D eigenvalue weighted by atomic mass is 14.5. The quantitative estimate of drug-likeness (QED) is 0.0578. The highest BCUT2D eigenvalue weighted by Crippen LogP contribution is 2.58. The van der Waals surface area contributed by atoms with Crippen LogP contribution >= 0.6 is 0 Å². The van der Waals surface area contributed by atoms with E-state index in [-0.39, 0.29) is 0 Å². The van der Waals surface area contributed by atoms with Crippen molar-refractivity contribution >= 4 is 86.2 Å². The standard InChI is InChI=1S/C79H66/c1-5-7-9-11-17-51-29-35-55(36-30-51)79(56-37-31-52(32-38-56)18-12-10-8-6-2)73-47-53(59-43-45-71-67-24-14-20-58-49(3)27-39-69(76(58)67)68-26-16-22-64(59)78(68)71)33-41-61(73)62-42-34-54(48-74(62)79)60-44-46-72-70-40-28-50(4)57-19-13-23-65(75(57)70)66-25-15-21-63(60)77(66)72/h13-16,19-48H,5-12,17-18H2,1-4H3. The Kier molecular flexibility index (Phi) is 11.5. The van der Waals surface area contributed by atoms with Gasteiger partial charge in [0.15, 0.2) is 0 Å². The van der Waals surface area contributed by atoms with Gasteiger partial charge in [-0.1, -0.05) is 246 Å². The lowest BCUT2D eigenvalue weighted by atomic mass is 9.66. The van der Waals surface area contributed by atoms with E-state index in [2.05, 4.69) is 234 Å². The van der Waals surface area contributed by atoms with Crippen molar-refractivity contribution in [3.63, 3.8) is 0 Å². The summed E-state index contributed by atoms with van der Waals surface area (Å²) in [7, 11) is 0. The zero-order valence-electron chi connectivity index (χ0n) is 46.2. The van der Waals surface area contributed by atoms with Gasteiger partial charge in [-0.3, -0.25) is 0 Å². The summed E-state index contributed by atoms with van der Waals surface area (Å²) in [5.74, 6) is 0. The second-order valence-electron chi connectivity index (χ2n) is 23.4. The average Bonchev–Trinajstić information content (AvgIpc) is 3.83. The van der Waals surface area contributed by atoms with Crippen LogP contribution in [0.1, 0.15) is 110 Å². The summed E-state index contributed by atoms with van der Waals surface area (Å²) in [5, 5.41) is 21.4. The SMILES string of the molecule is CCCCCCc1ccc(C2(c3ccc(CCCCCC)cc3)c3cc(-c4ccc5c6cccc7c(C)ccc(c8cccc4c85)c76)ccc3-c3ccc(-c4ccc5c6ccc(C)c7cccc(c8cccc4c85)c76)cc32)cc1. The molecule has 14 aromatic carbocycles. The molecule has 15 rings (SSSR count). The number of hydrogen-bond acceptors (Lipinski definition) is 0. The molecule has 0 atom stereocenters. The van der Waals surface area contributed by atoms with Gasteiger partial charge in [-0.05, 0) is 216 Å². The molecule has 79 heavy (non-hydrogen) atoms. The van der Waals surface area contributed by atoms with Crippen LogP contribution in [0.5, 0.6) is 0 Å². The van der Waals surface area contributed by atoms with Crippen molar-refractivity contribution in [2.75, 3.05) is 0 Å². The number of rotatable bonds is 14. The average molecular weight is 1020 g/mol. The van der Waals surface area contributed by atoms with Crippen LogP contribution in [-0.2, 0) is 18.3 Å². The molecule has 0 N–H and O–H groups in total. The van der Waals surface area contributed by atoms with E-state index in [1.807, 2.05) is 0 Å². The van der Waals surface area contributed by atoms with Crippen LogP contribution in [0.2, 0.25) is 0 Å². The maximum atomic E-state index is 2.60. The first-order valence-corrected chi connectivity index (χ1v) is 29.6. The molecule has 0 heteroatoms. The number of aryl methyl sites for hydroxylation is 4. The molecule has 0 spiro atoms. The Balaban J connectivity index is 0.971. The maximum absolute atomic E-state index is 2.60. The first-order valence-electron chi connectivity index (χ1n) is 29.6. The fraction of sp³-hybridized carbons (Fsp3) is 0.190. The lowest BCUT2D eigenvalue weighted by molar-refractivity contribution is 0.666. The molecule has 1 aliphatic rings. The van der Waals surface area contributed by atoms with Gasteiger partial charge in [-0.15, -0.1) is 0 Å². The number of unbranched alkanes of at least 4 members (excludes halogenated alkanes) is 6. The van der Waals surface area contributed by atoms with Crippen molar-refractivity contribution in [3.05, 3.63) is 251 Å². The summed E-state index contributed by atoms with van der Waals surface area (Å²) >= 11 is 0. The summed E-state index contributed by atoms with van der Waals surface area (Å²) < 4.78 is 0. The van der Waals surface area contributed by atoms with E-state index in [1.165, 1.54) is 215 Å². The molecule has 0 nitrogen and oxygen atoms in total. The third kappa shape index (κ3) is 7.26. The zero-order chi connectivity index (χ0) is 52.9. The Hall–Kier alpha value is -8.32. The van der Waals surface area contributed by atoms with E-state index in [9.17, 15) is 0 Å². The Morgan fingerprint density at radius 1 is 0.278 bits per heavy atom. The second kappa shape index (κ2) is 19.0. The van der Waals surface area contributed by atoms with Gasteiger partial charge in [0, 0.05) is 0 Å². The minimum absolute atomic E-state index is 0.601. The summed E-state index contributed by atoms with van der Waals surface area (Å²) in [6, 6.07) is 81.5. The van der Waals surface area contributed by atoms with Crippen LogP contribution in [0.4, 0.5) is 0 Å². The van der Waals surface area contributed by atoms with Crippen molar-refractivity contribution < 1.29 is 0 Å². The van der Waals surface area contributed by atoms with Crippen molar-refractivity contribution in [1.82, 2.24) is 0 Å². The van der Waals surface area contributed by atoms with Crippen LogP contribution < -0.4 is 0 Å². The molecule has 1 aliphatic carbocycles. The molecular formula is C79H66. The smallest absolute Gasteiger partial charge is 0.0654 e. The highest BCUT2D eigenvalue weighted by Gasteiger charge is 2.47. The van der Waals surface area contributed by atoms with E-state index in [1.54, 1.807) is 0 Å². The highest BCUT2D eigenvalue weighted by molar-refractivity contribution is 6.36. The lowest BCUT2D eigenvalue weighted by Gasteiger charge is -2.35. The van der Waals surface area contributed by atoms with E-state index in [0.717, 1.165) is 12.8 Å². The van der Waals surface area contributed by atoms with Crippen LogP contribution in [0.15, 0.2) is 206 Å². The molecule has 0 fully saturated rings. The van der Waals surface area contributed by atoms with Crippen molar-refractivity contribution in [2.45, 2.75) is 97.3 Å². The minimum atomic E-state index is -0.601. The Bertz CT molecular complexity index is 4340. The Morgan fingerprint density at radius 2 is 0.608 bits per heavy atom.